The Labute approximate surface area is 166 Å². The molecular weight excluding hydrogens is 378 g/mol. The summed E-state index contributed by atoms with van der Waals surface area (Å²) in [6.45, 7) is 3.98. The Bertz CT molecular complexity index is 939. The quantitative estimate of drug-likeness (QED) is 0.633. The molecule has 0 saturated heterocycles. The normalized spacial score (nSPS) is 11.1. The molecule has 0 saturated carbocycles. The van der Waals surface area contributed by atoms with Crippen LogP contribution in [0.2, 0.25) is 0 Å². The maximum atomic E-state index is 12.2. The molecule has 0 atom stereocenters. The average Bonchev–Trinajstić information content (AvgIpc) is 2.67. The highest BCUT2D eigenvalue weighted by atomic mass is 32.2. The van der Waals surface area contributed by atoms with E-state index in [4.69, 9.17) is 4.74 Å². The van der Waals surface area contributed by atoms with Crippen LogP contribution < -0.4 is 0 Å². The molecule has 0 spiro atoms. The fraction of sp³-hybridized carbons (Fsp3) is 0.333. The SMILES string of the molecule is Cc1ccc(CN(C)C(=O)COC(=O)CCS(=O)(=O)c2ccccc2)c(C)c1. The molecule has 1 amide bonds. The molecule has 0 heterocycles. The van der Waals surface area contributed by atoms with Gasteiger partial charge in [-0.1, -0.05) is 42.0 Å². The number of esters is 1. The molecule has 2 aromatic carbocycles. The second-order valence-corrected chi connectivity index (χ2v) is 8.83. The van der Waals surface area contributed by atoms with Crippen LogP contribution in [-0.2, 0) is 30.7 Å². The monoisotopic (exact) mass is 403 g/mol. The molecule has 0 aromatic heterocycles. The number of benzene rings is 2. The van der Waals surface area contributed by atoms with Crippen LogP contribution >= 0.6 is 0 Å². The molecule has 6 nitrogen and oxygen atoms in total. The highest BCUT2D eigenvalue weighted by Crippen LogP contribution is 2.13. The summed E-state index contributed by atoms with van der Waals surface area (Å²) in [6.07, 6.45) is -0.300. The van der Waals surface area contributed by atoms with Gasteiger partial charge in [0.2, 0.25) is 0 Å². The first kappa shape index (κ1) is 21.6. The maximum Gasteiger partial charge on any atom is 0.307 e. The molecule has 7 heteroatoms. The van der Waals surface area contributed by atoms with Crippen molar-refractivity contribution < 1.29 is 22.7 Å². The number of carbonyl (C=O) groups excluding carboxylic acids is 2. The number of sulfone groups is 1. The van der Waals surface area contributed by atoms with Gasteiger partial charge in [0.15, 0.2) is 16.4 Å². The summed E-state index contributed by atoms with van der Waals surface area (Å²) in [6, 6.07) is 13.9. The Morgan fingerprint density at radius 1 is 1.04 bits per heavy atom. The molecule has 0 aliphatic rings. The van der Waals surface area contributed by atoms with Crippen molar-refractivity contribution in [2.24, 2.45) is 0 Å². The molecule has 0 bridgehead atoms. The lowest BCUT2D eigenvalue weighted by molar-refractivity contribution is -0.151. The highest BCUT2D eigenvalue weighted by Gasteiger charge is 2.18. The van der Waals surface area contributed by atoms with Crippen molar-refractivity contribution in [1.82, 2.24) is 4.90 Å². The molecule has 0 aliphatic carbocycles. The van der Waals surface area contributed by atoms with Crippen LogP contribution in [0, 0.1) is 13.8 Å². The Kier molecular flexibility index (Phi) is 7.34. The van der Waals surface area contributed by atoms with Gasteiger partial charge in [-0.05, 0) is 37.1 Å². The van der Waals surface area contributed by atoms with Crippen LogP contribution in [0.25, 0.3) is 0 Å². The molecule has 0 radical (unpaired) electrons. The van der Waals surface area contributed by atoms with E-state index in [1.807, 2.05) is 32.0 Å². The number of amides is 1. The van der Waals surface area contributed by atoms with Crippen molar-refractivity contribution in [2.45, 2.75) is 31.7 Å². The van der Waals surface area contributed by atoms with Gasteiger partial charge in [-0.2, -0.15) is 0 Å². The smallest absolute Gasteiger partial charge is 0.307 e. The largest absolute Gasteiger partial charge is 0.456 e. The zero-order chi connectivity index (χ0) is 20.7. The van der Waals surface area contributed by atoms with Crippen molar-refractivity contribution >= 4 is 21.7 Å². The average molecular weight is 404 g/mol. The Balaban J connectivity index is 1.81. The topological polar surface area (TPSA) is 80.8 Å². The Morgan fingerprint density at radius 3 is 2.36 bits per heavy atom. The van der Waals surface area contributed by atoms with Gasteiger partial charge in [-0.3, -0.25) is 9.59 Å². The van der Waals surface area contributed by atoms with Crippen molar-refractivity contribution in [1.29, 1.82) is 0 Å². The van der Waals surface area contributed by atoms with Crippen molar-refractivity contribution in [2.75, 3.05) is 19.4 Å². The lowest BCUT2D eigenvalue weighted by Crippen LogP contribution is -2.31. The maximum absolute atomic E-state index is 12.2. The van der Waals surface area contributed by atoms with E-state index in [0.29, 0.717) is 6.54 Å². The van der Waals surface area contributed by atoms with E-state index in [9.17, 15) is 18.0 Å². The number of carbonyl (C=O) groups is 2. The standard InChI is InChI=1S/C21H25NO5S/c1-16-9-10-18(17(2)13-16)14-22(3)20(23)15-27-21(24)11-12-28(25,26)19-7-5-4-6-8-19/h4-10,13H,11-12,14-15H2,1-3H3. The van der Waals surface area contributed by atoms with Gasteiger partial charge in [-0.25, -0.2) is 8.42 Å². The fourth-order valence-electron chi connectivity index (χ4n) is 2.65. The highest BCUT2D eigenvalue weighted by molar-refractivity contribution is 7.91. The van der Waals surface area contributed by atoms with Crippen LogP contribution in [0.4, 0.5) is 0 Å². The van der Waals surface area contributed by atoms with Gasteiger partial charge in [-0.15, -0.1) is 0 Å². The van der Waals surface area contributed by atoms with Crippen LogP contribution in [0.1, 0.15) is 23.1 Å². The predicted octanol–water partition coefficient (Wildman–Crippen LogP) is 2.67. The summed E-state index contributed by atoms with van der Waals surface area (Å²) in [5.41, 5.74) is 3.25. The number of aryl methyl sites for hydroxylation is 2. The molecule has 0 fully saturated rings. The van der Waals surface area contributed by atoms with Gasteiger partial charge < -0.3 is 9.64 Å². The molecular formula is C21H25NO5S. The van der Waals surface area contributed by atoms with Gasteiger partial charge in [0.1, 0.15) is 0 Å². The third-order valence-corrected chi connectivity index (χ3v) is 6.10. The van der Waals surface area contributed by atoms with E-state index < -0.39 is 22.4 Å². The van der Waals surface area contributed by atoms with E-state index in [1.54, 1.807) is 25.2 Å². The molecule has 0 aliphatic heterocycles. The summed E-state index contributed by atoms with van der Waals surface area (Å²) in [4.78, 5) is 25.7. The van der Waals surface area contributed by atoms with E-state index in [-0.39, 0.29) is 23.0 Å². The first-order valence-electron chi connectivity index (χ1n) is 8.92. The number of likely N-dealkylation sites (N-methyl/N-ethyl adjacent to an activating group) is 1. The summed E-state index contributed by atoms with van der Waals surface area (Å²) in [7, 11) is -1.92. The van der Waals surface area contributed by atoms with Crippen molar-refractivity contribution in [3.63, 3.8) is 0 Å². The summed E-state index contributed by atoms with van der Waals surface area (Å²) < 4.78 is 29.3. The number of ether oxygens (including phenoxy) is 1. The molecule has 2 rings (SSSR count). The zero-order valence-corrected chi connectivity index (χ0v) is 17.2. The lowest BCUT2D eigenvalue weighted by atomic mass is 10.1. The van der Waals surface area contributed by atoms with E-state index in [0.717, 1.165) is 16.7 Å². The third kappa shape index (κ3) is 6.20. The van der Waals surface area contributed by atoms with E-state index >= 15 is 0 Å². The molecule has 0 N–H and O–H groups in total. The molecule has 150 valence electrons. The summed E-state index contributed by atoms with van der Waals surface area (Å²) >= 11 is 0. The third-order valence-electron chi connectivity index (χ3n) is 4.37. The lowest BCUT2D eigenvalue weighted by Gasteiger charge is -2.18. The van der Waals surface area contributed by atoms with Crippen LogP contribution in [0.5, 0.6) is 0 Å². The molecule has 0 unspecified atom stereocenters. The Morgan fingerprint density at radius 2 is 1.71 bits per heavy atom. The first-order chi connectivity index (χ1) is 13.2. The van der Waals surface area contributed by atoms with Gasteiger partial charge in [0.05, 0.1) is 17.1 Å². The van der Waals surface area contributed by atoms with Gasteiger partial charge in [0, 0.05) is 13.6 Å². The summed E-state index contributed by atoms with van der Waals surface area (Å²) in [5.74, 6) is -1.42. The minimum Gasteiger partial charge on any atom is -0.456 e. The molecule has 2 aromatic rings. The van der Waals surface area contributed by atoms with Crippen LogP contribution in [-0.4, -0.2) is 44.6 Å². The number of rotatable bonds is 8. The number of nitrogens with zero attached hydrogens (tertiary/aromatic N) is 1. The first-order valence-corrected chi connectivity index (χ1v) is 10.6. The van der Waals surface area contributed by atoms with E-state index in [1.165, 1.54) is 17.0 Å². The molecule has 28 heavy (non-hydrogen) atoms. The minimum atomic E-state index is -3.56. The summed E-state index contributed by atoms with van der Waals surface area (Å²) in [5, 5.41) is 0. The van der Waals surface area contributed by atoms with Crippen LogP contribution in [0.15, 0.2) is 53.4 Å². The van der Waals surface area contributed by atoms with Gasteiger partial charge in [0.25, 0.3) is 5.91 Å². The fourth-order valence-corrected chi connectivity index (χ4v) is 3.90. The van der Waals surface area contributed by atoms with Crippen molar-refractivity contribution in [3.05, 3.63) is 65.2 Å². The van der Waals surface area contributed by atoms with E-state index in [2.05, 4.69) is 0 Å². The number of hydrogen-bond acceptors (Lipinski definition) is 5. The second-order valence-electron chi connectivity index (χ2n) is 6.72. The second kappa shape index (κ2) is 9.50. The van der Waals surface area contributed by atoms with Crippen molar-refractivity contribution in [3.8, 4) is 0 Å². The zero-order valence-electron chi connectivity index (χ0n) is 16.3. The Hall–Kier alpha value is -2.67. The number of hydrogen-bond donors (Lipinski definition) is 0. The predicted molar refractivity (Wildman–Crippen MR) is 106 cm³/mol. The van der Waals surface area contributed by atoms with Gasteiger partial charge >= 0.3 is 5.97 Å². The minimum absolute atomic E-state index is 0.159. The van der Waals surface area contributed by atoms with Crippen LogP contribution in [0.3, 0.4) is 0 Å².